The van der Waals surface area contributed by atoms with E-state index in [1.807, 2.05) is 32.9 Å². The van der Waals surface area contributed by atoms with Crippen LogP contribution in [0.4, 0.5) is 0 Å². The Balaban J connectivity index is 1.74. The molecule has 176 valence electrons. The molecule has 10 heteroatoms. The molecule has 2 aromatic heterocycles. The van der Waals surface area contributed by atoms with Crippen molar-refractivity contribution in [2.24, 2.45) is 5.73 Å². The average molecular weight is 456 g/mol. The second-order valence-electron chi connectivity index (χ2n) is 7.67. The van der Waals surface area contributed by atoms with Crippen molar-refractivity contribution in [3.05, 3.63) is 46.4 Å². The van der Waals surface area contributed by atoms with E-state index in [1.165, 1.54) is 6.20 Å². The van der Waals surface area contributed by atoms with Crippen molar-refractivity contribution < 1.29 is 23.8 Å². The number of nitrogens with two attached hydrogens (primary N) is 1. The summed E-state index contributed by atoms with van der Waals surface area (Å²) in [6, 6.07) is 3.34. The molecule has 10 nitrogen and oxygen atoms in total. The van der Waals surface area contributed by atoms with Crippen LogP contribution in [0.5, 0.6) is 17.2 Å². The zero-order valence-electron chi connectivity index (χ0n) is 19.7. The number of carbonyl (C=O) groups excluding carboxylic acids is 2. The Hall–Kier alpha value is -3.82. The fourth-order valence-electron chi connectivity index (χ4n) is 3.83. The summed E-state index contributed by atoms with van der Waals surface area (Å²) >= 11 is 0. The van der Waals surface area contributed by atoms with Crippen LogP contribution in [0.1, 0.15) is 52.3 Å². The van der Waals surface area contributed by atoms with Gasteiger partial charge in [0.15, 0.2) is 17.1 Å². The van der Waals surface area contributed by atoms with Crippen LogP contribution in [-0.4, -0.2) is 47.7 Å². The molecular weight excluding hydrogens is 426 g/mol. The van der Waals surface area contributed by atoms with E-state index in [1.54, 1.807) is 25.8 Å². The van der Waals surface area contributed by atoms with Crippen molar-refractivity contribution in [3.63, 3.8) is 0 Å². The molecule has 0 bridgehead atoms. The first-order valence-electron chi connectivity index (χ1n) is 10.4. The molecule has 0 saturated carbocycles. The number of carbonyl (C=O) groups is 2. The van der Waals surface area contributed by atoms with E-state index in [4.69, 9.17) is 19.9 Å². The molecule has 2 heterocycles. The maximum atomic E-state index is 12.7. The normalized spacial score (nSPS) is 11.8. The summed E-state index contributed by atoms with van der Waals surface area (Å²) in [7, 11) is 4.64. The second kappa shape index (κ2) is 9.76. The van der Waals surface area contributed by atoms with Crippen LogP contribution in [-0.2, 0) is 11.2 Å². The number of methoxy groups -OCH3 is 3. The number of nitrogens with one attached hydrogen (secondary N) is 1. The van der Waals surface area contributed by atoms with Crippen LogP contribution in [0.2, 0.25) is 0 Å². The largest absolute Gasteiger partial charge is 0.493 e. The first kappa shape index (κ1) is 23.8. The average Bonchev–Trinajstić information content (AvgIpc) is 3.21. The summed E-state index contributed by atoms with van der Waals surface area (Å²) < 4.78 is 17.7. The van der Waals surface area contributed by atoms with Crippen LogP contribution in [0.3, 0.4) is 0 Å². The Bertz CT molecular complexity index is 1180. The number of aryl methyl sites for hydroxylation is 2. The van der Waals surface area contributed by atoms with Crippen LogP contribution in [0, 0.1) is 13.8 Å². The lowest BCUT2D eigenvalue weighted by Crippen LogP contribution is -2.27. The lowest BCUT2D eigenvalue weighted by Gasteiger charge is -2.19. The zero-order valence-corrected chi connectivity index (χ0v) is 19.7. The fourth-order valence-corrected chi connectivity index (χ4v) is 3.83. The highest BCUT2D eigenvalue weighted by atomic mass is 16.5. The summed E-state index contributed by atoms with van der Waals surface area (Å²) in [6.07, 6.45) is 2.14. The third kappa shape index (κ3) is 4.69. The van der Waals surface area contributed by atoms with E-state index in [2.05, 4.69) is 15.4 Å². The Morgan fingerprint density at radius 1 is 1.12 bits per heavy atom. The first-order chi connectivity index (χ1) is 15.7. The van der Waals surface area contributed by atoms with Crippen molar-refractivity contribution in [2.45, 2.75) is 39.7 Å². The van der Waals surface area contributed by atoms with Gasteiger partial charge in [-0.05, 0) is 50.5 Å². The molecule has 0 aliphatic rings. The molecule has 1 aromatic carbocycles. The quantitative estimate of drug-likeness (QED) is 0.506. The molecule has 1 unspecified atom stereocenters. The van der Waals surface area contributed by atoms with E-state index in [0.717, 1.165) is 22.5 Å². The van der Waals surface area contributed by atoms with Crippen LogP contribution >= 0.6 is 0 Å². The van der Waals surface area contributed by atoms with Gasteiger partial charge in [0.25, 0.3) is 5.91 Å². The Kier molecular flexibility index (Phi) is 7.05. The zero-order chi connectivity index (χ0) is 24.3. The molecule has 3 rings (SSSR count). The molecule has 0 aliphatic heterocycles. The van der Waals surface area contributed by atoms with E-state index < -0.39 is 5.91 Å². The van der Waals surface area contributed by atoms with Gasteiger partial charge in [-0.1, -0.05) is 0 Å². The van der Waals surface area contributed by atoms with Gasteiger partial charge in [-0.15, -0.1) is 0 Å². The maximum Gasteiger partial charge on any atom is 0.254 e. The Morgan fingerprint density at radius 3 is 2.30 bits per heavy atom. The van der Waals surface area contributed by atoms with Crippen molar-refractivity contribution in [2.75, 3.05) is 21.3 Å². The number of amides is 2. The van der Waals surface area contributed by atoms with Crippen LogP contribution in [0.15, 0.2) is 18.3 Å². The molecule has 3 aromatic rings. The number of aromatic nitrogens is 3. The summed E-state index contributed by atoms with van der Waals surface area (Å²) in [5, 5.41) is 7.23. The Morgan fingerprint density at radius 2 is 1.76 bits per heavy atom. The molecule has 2 amide bonds. The molecule has 1 atom stereocenters. The maximum absolute atomic E-state index is 12.7. The number of hydrogen-bond acceptors (Lipinski definition) is 7. The van der Waals surface area contributed by atoms with Crippen LogP contribution < -0.4 is 25.3 Å². The van der Waals surface area contributed by atoms with E-state index >= 15 is 0 Å². The molecule has 3 N–H and O–H groups in total. The minimum atomic E-state index is -0.579. The summed E-state index contributed by atoms with van der Waals surface area (Å²) in [5.74, 6) is 0.841. The van der Waals surface area contributed by atoms with E-state index in [-0.39, 0.29) is 23.9 Å². The van der Waals surface area contributed by atoms with Gasteiger partial charge in [-0.25, -0.2) is 9.50 Å². The van der Waals surface area contributed by atoms with Gasteiger partial charge >= 0.3 is 0 Å². The van der Waals surface area contributed by atoms with Crippen molar-refractivity contribution >= 4 is 17.5 Å². The van der Waals surface area contributed by atoms with Gasteiger partial charge in [-0.3, -0.25) is 9.59 Å². The minimum absolute atomic E-state index is 0.117. The topological polar surface area (TPSA) is 130 Å². The van der Waals surface area contributed by atoms with E-state index in [0.29, 0.717) is 29.3 Å². The fraction of sp³-hybridized carbons (Fsp3) is 0.391. The highest BCUT2D eigenvalue weighted by Crippen LogP contribution is 2.39. The standard InChI is InChI=1S/C23H29N5O5/c1-12(15-9-18(31-4)21(33-6)19(10-15)32-5)26-20(29)8-7-16-13(2)27-23-17(22(24)30)11-25-28(23)14(16)3/h9-12H,7-8H2,1-6H3,(H2,24,30)(H,26,29). The van der Waals surface area contributed by atoms with Crippen LogP contribution in [0.25, 0.3) is 5.65 Å². The molecule has 0 saturated heterocycles. The number of primary amides is 1. The molecule has 33 heavy (non-hydrogen) atoms. The monoisotopic (exact) mass is 455 g/mol. The third-order valence-corrected chi connectivity index (χ3v) is 5.64. The molecule has 0 aliphatic carbocycles. The van der Waals surface area contributed by atoms with Gasteiger partial charge < -0.3 is 25.3 Å². The van der Waals surface area contributed by atoms with E-state index in [9.17, 15) is 9.59 Å². The molecule has 0 spiro atoms. The number of benzene rings is 1. The van der Waals surface area contributed by atoms with Crippen molar-refractivity contribution in [1.29, 1.82) is 0 Å². The van der Waals surface area contributed by atoms with Gasteiger partial charge in [0.2, 0.25) is 11.7 Å². The summed E-state index contributed by atoms with van der Waals surface area (Å²) in [5.41, 5.74) is 9.35. The van der Waals surface area contributed by atoms with Gasteiger partial charge in [0, 0.05) is 17.8 Å². The van der Waals surface area contributed by atoms with Gasteiger partial charge in [0.05, 0.1) is 33.6 Å². The summed E-state index contributed by atoms with van der Waals surface area (Å²) in [6.45, 7) is 5.61. The van der Waals surface area contributed by atoms with Crippen molar-refractivity contribution in [3.8, 4) is 17.2 Å². The number of rotatable bonds is 9. The molecule has 0 radical (unpaired) electrons. The highest BCUT2D eigenvalue weighted by Gasteiger charge is 2.19. The first-order valence-corrected chi connectivity index (χ1v) is 10.4. The second-order valence-corrected chi connectivity index (χ2v) is 7.67. The third-order valence-electron chi connectivity index (χ3n) is 5.64. The lowest BCUT2D eigenvalue weighted by atomic mass is 10.0. The van der Waals surface area contributed by atoms with Gasteiger partial charge in [-0.2, -0.15) is 5.10 Å². The molecular formula is C23H29N5O5. The highest BCUT2D eigenvalue weighted by molar-refractivity contribution is 5.98. The predicted molar refractivity (Wildman–Crippen MR) is 122 cm³/mol. The number of nitrogens with zero attached hydrogens (tertiary/aromatic N) is 3. The number of hydrogen-bond donors (Lipinski definition) is 2. The van der Waals surface area contributed by atoms with Gasteiger partial charge in [0.1, 0.15) is 5.56 Å². The predicted octanol–water partition coefficient (Wildman–Crippen LogP) is 2.28. The van der Waals surface area contributed by atoms with Crippen molar-refractivity contribution in [1.82, 2.24) is 19.9 Å². The molecule has 0 fully saturated rings. The smallest absolute Gasteiger partial charge is 0.254 e. The summed E-state index contributed by atoms with van der Waals surface area (Å²) in [4.78, 5) is 28.8. The number of fused-ring (bicyclic) bond motifs is 1. The SMILES string of the molecule is COc1cc(C(C)NC(=O)CCc2c(C)nc3c(C(N)=O)cnn3c2C)cc(OC)c1OC. The Labute approximate surface area is 192 Å². The lowest BCUT2D eigenvalue weighted by molar-refractivity contribution is -0.121. The number of ether oxygens (including phenoxy) is 3. The minimum Gasteiger partial charge on any atom is -0.493 e.